The van der Waals surface area contributed by atoms with E-state index in [1.54, 1.807) is 24.3 Å². The molecule has 0 aliphatic carbocycles. The van der Waals surface area contributed by atoms with E-state index >= 15 is 0 Å². The van der Waals surface area contributed by atoms with E-state index in [4.69, 9.17) is 16.3 Å². The van der Waals surface area contributed by atoms with Gasteiger partial charge in [0.1, 0.15) is 5.75 Å². The molecule has 0 aliphatic heterocycles. The molecular formula is C16H17ClN2O2. The largest absolute Gasteiger partial charge is 0.494 e. The van der Waals surface area contributed by atoms with Gasteiger partial charge in [-0.15, -0.1) is 0 Å². The molecule has 5 heteroatoms. The molecule has 110 valence electrons. The zero-order valence-corrected chi connectivity index (χ0v) is 12.5. The molecule has 21 heavy (non-hydrogen) atoms. The van der Waals surface area contributed by atoms with E-state index in [1.165, 1.54) is 0 Å². The number of benzene rings is 2. The first-order valence-corrected chi connectivity index (χ1v) is 7.07. The molecule has 0 saturated carbocycles. The van der Waals surface area contributed by atoms with Crippen molar-refractivity contribution in [3.05, 3.63) is 53.6 Å². The van der Waals surface area contributed by atoms with Crippen LogP contribution in [0.1, 0.15) is 6.92 Å². The molecule has 4 nitrogen and oxygen atoms in total. The van der Waals surface area contributed by atoms with E-state index in [0.29, 0.717) is 11.6 Å². The SMILES string of the molecule is CCOc1ccc(NCC(=O)Nc2ccc(Cl)cc2)cc1. The first-order chi connectivity index (χ1) is 10.2. The summed E-state index contributed by atoms with van der Waals surface area (Å²) in [6.45, 7) is 2.76. The Morgan fingerprint density at radius 3 is 2.29 bits per heavy atom. The number of anilines is 2. The molecule has 2 aromatic carbocycles. The minimum Gasteiger partial charge on any atom is -0.494 e. The lowest BCUT2D eigenvalue weighted by Crippen LogP contribution is -2.21. The Bertz CT molecular complexity index is 582. The van der Waals surface area contributed by atoms with Gasteiger partial charge >= 0.3 is 0 Å². The first kappa shape index (κ1) is 15.2. The van der Waals surface area contributed by atoms with Crippen LogP contribution in [0.15, 0.2) is 48.5 Å². The third kappa shape index (κ3) is 5.00. The summed E-state index contributed by atoms with van der Waals surface area (Å²) in [4.78, 5) is 11.8. The van der Waals surface area contributed by atoms with Gasteiger partial charge in [-0.25, -0.2) is 0 Å². The summed E-state index contributed by atoms with van der Waals surface area (Å²) in [5.41, 5.74) is 1.59. The Hall–Kier alpha value is -2.20. The van der Waals surface area contributed by atoms with Crippen molar-refractivity contribution >= 4 is 28.9 Å². The molecule has 0 fully saturated rings. The van der Waals surface area contributed by atoms with Gasteiger partial charge < -0.3 is 15.4 Å². The molecule has 2 N–H and O–H groups in total. The van der Waals surface area contributed by atoms with Crippen molar-refractivity contribution < 1.29 is 9.53 Å². The van der Waals surface area contributed by atoms with Crippen molar-refractivity contribution in [3.8, 4) is 5.75 Å². The highest BCUT2D eigenvalue weighted by Gasteiger charge is 2.02. The smallest absolute Gasteiger partial charge is 0.243 e. The third-order valence-corrected chi connectivity index (χ3v) is 3.00. The van der Waals surface area contributed by atoms with Crippen molar-refractivity contribution in [3.63, 3.8) is 0 Å². The molecule has 0 atom stereocenters. The Balaban J connectivity index is 1.81. The highest BCUT2D eigenvalue weighted by Crippen LogP contribution is 2.16. The quantitative estimate of drug-likeness (QED) is 0.853. The number of hydrogen-bond donors (Lipinski definition) is 2. The van der Waals surface area contributed by atoms with Crippen molar-refractivity contribution in [2.24, 2.45) is 0 Å². The third-order valence-electron chi connectivity index (χ3n) is 2.75. The van der Waals surface area contributed by atoms with E-state index in [-0.39, 0.29) is 12.5 Å². The minimum atomic E-state index is -0.119. The lowest BCUT2D eigenvalue weighted by Gasteiger charge is -2.09. The molecule has 0 aliphatic rings. The highest BCUT2D eigenvalue weighted by atomic mass is 35.5. The number of carbonyl (C=O) groups excluding carboxylic acids is 1. The summed E-state index contributed by atoms with van der Waals surface area (Å²) in [6.07, 6.45) is 0. The Kier molecular flexibility index (Phi) is 5.46. The molecule has 0 unspecified atom stereocenters. The number of amides is 1. The molecule has 0 bridgehead atoms. The van der Waals surface area contributed by atoms with E-state index in [1.807, 2.05) is 31.2 Å². The average Bonchev–Trinajstić information content (AvgIpc) is 2.49. The number of halogens is 1. The second kappa shape index (κ2) is 7.55. The maximum Gasteiger partial charge on any atom is 0.243 e. The molecule has 0 heterocycles. The predicted molar refractivity (Wildman–Crippen MR) is 86.2 cm³/mol. The van der Waals surface area contributed by atoms with Crippen LogP contribution in [-0.2, 0) is 4.79 Å². The number of hydrogen-bond acceptors (Lipinski definition) is 3. The fourth-order valence-electron chi connectivity index (χ4n) is 1.76. The highest BCUT2D eigenvalue weighted by molar-refractivity contribution is 6.30. The fourth-order valence-corrected chi connectivity index (χ4v) is 1.88. The zero-order valence-electron chi connectivity index (χ0n) is 11.7. The van der Waals surface area contributed by atoms with Gasteiger partial charge in [-0.05, 0) is 55.5 Å². The van der Waals surface area contributed by atoms with Crippen LogP contribution in [0, 0.1) is 0 Å². The van der Waals surface area contributed by atoms with E-state index in [9.17, 15) is 4.79 Å². The zero-order chi connectivity index (χ0) is 15.1. The van der Waals surface area contributed by atoms with Crippen LogP contribution in [0.3, 0.4) is 0 Å². The van der Waals surface area contributed by atoms with E-state index in [0.717, 1.165) is 17.1 Å². The van der Waals surface area contributed by atoms with Gasteiger partial charge in [-0.2, -0.15) is 0 Å². The number of nitrogens with one attached hydrogen (secondary N) is 2. The molecule has 0 radical (unpaired) electrons. The number of carbonyl (C=O) groups is 1. The molecule has 2 rings (SSSR count). The van der Waals surface area contributed by atoms with Crippen LogP contribution in [0.4, 0.5) is 11.4 Å². The molecule has 2 aromatic rings. The minimum absolute atomic E-state index is 0.119. The van der Waals surface area contributed by atoms with Gasteiger partial charge in [-0.3, -0.25) is 4.79 Å². The summed E-state index contributed by atoms with van der Waals surface area (Å²) >= 11 is 5.79. The van der Waals surface area contributed by atoms with Gasteiger partial charge in [0.15, 0.2) is 0 Å². The van der Waals surface area contributed by atoms with Gasteiger partial charge in [0.25, 0.3) is 0 Å². The molecule has 1 amide bonds. The monoisotopic (exact) mass is 304 g/mol. The maximum atomic E-state index is 11.8. The second-order valence-electron chi connectivity index (χ2n) is 4.37. The van der Waals surface area contributed by atoms with Gasteiger partial charge in [-0.1, -0.05) is 11.6 Å². The van der Waals surface area contributed by atoms with Crippen molar-refractivity contribution in [2.45, 2.75) is 6.92 Å². The van der Waals surface area contributed by atoms with Crippen molar-refractivity contribution in [2.75, 3.05) is 23.8 Å². The van der Waals surface area contributed by atoms with Gasteiger partial charge in [0.2, 0.25) is 5.91 Å². The maximum absolute atomic E-state index is 11.8. The first-order valence-electron chi connectivity index (χ1n) is 6.69. The van der Waals surface area contributed by atoms with Crippen molar-refractivity contribution in [1.82, 2.24) is 0 Å². The predicted octanol–water partition coefficient (Wildman–Crippen LogP) is 3.79. The lowest BCUT2D eigenvalue weighted by atomic mass is 10.3. The Morgan fingerprint density at radius 2 is 1.67 bits per heavy atom. The van der Waals surface area contributed by atoms with Crippen LogP contribution in [-0.4, -0.2) is 19.1 Å². The molecule has 0 aromatic heterocycles. The van der Waals surface area contributed by atoms with Gasteiger partial charge in [0.05, 0.1) is 13.2 Å². The van der Waals surface area contributed by atoms with Crippen LogP contribution in [0.5, 0.6) is 5.75 Å². The summed E-state index contributed by atoms with van der Waals surface area (Å²) in [5.74, 6) is 0.694. The van der Waals surface area contributed by atoms with Gasteiger partial charge in [0, 0.05) is 16.4 Å². The van der Waals surface area contributed by atoms with E-state index < -0.39 is 0 Å². The average molecular weight is 305 g/mol. The van der Waals surface area contributed by atoms with Crippen LogP contribution < -0.4 is 15.4 Å². The second-order valence-corrected chi connectivity index (χ2v) is 4.80. The lowest BCUT2D eigenvalue weighted by molar-refractivity contribution is -0.114. The van der Waals surface area contributed by atoms with Crippen LogP contribution in [0.25, 0.3) is 0 Å². The number of rotatable bonds is 6. The Labute approximate surface area is 129 Å². The van der Waals surface area contributed by atoms with Crippen LogP contribution in [0.2, 0.25) is 5.02 Å². The number of ether oxygens (including phenoxy) is 1. The molecule has 0 spiro atoms. The molecule has 0 saturated heterocycles. The van der Waals surface area contributed by atoms with Crippen molar-refractivity contribution in [1.29, 1.82) is 0 Å². The fraction of sp³-hybridized carbons (Fsp3) is 0.188. The topological polar surface area (TPSA) is 50.4 Å². The Morgan fingerprint density at radius 1 is 1.05 bits per heavy atom. The summed E-state index contributed by atoms with van der Waals surface area (Å²) in [7, 11) is 0. The van der Waals surface area contributed by atoms with E-state index in [2.05, 4.69) is 10.6 Å². The summed E-state index contributed by atoms with van der Waals surface area (Å²) in [5, 5.41) is 6.48. The summed E-state index contributed by atoms with van der Waals surface area (Å²) in [6, 6.07) is 14.5. The standard InChI is InChI=1S/C16H17ClN2O2/c1-2-21-15-9-7-13(8-10-15)18-11-16(20)19-14-5-3-12(17)4-6-14/h3-10,18H,2,11H2,1H3,(H,19,20). The van der Waals surface area contributed by atoms with Crippen LogP contribution >= 0.6 is 11.6 Å². The normalized spacial score (nSPS) is 10.0. The molecular weight excluding hydrogens is 288 g/mol. The summed E-state index contributed by atoms with van der Waals surface area (Å²) < 4.78 is 5.36.